The number of nitrogens with zero attached hydrogens (tertiary/aromatic N) is 2. The summed E-state index contributed by atoms with van der Waals surface area (Å²) in [4.78, 5) is 28.2. The molecule has 1 aliphatic rings. The maximum absolute atomic E-state index is 12.0. The number of nitrogens with one attached hydrogen (secondary N) is 1. The lowest BCUT2D eigenvalue weighted by molar-refractivity contribution is 0.0952. The van der Waals surface area contributed by atoms with E-state index < -0.39 is 0 Å². The number of halogens is 1. The SMILES string of the molecule is O=C(NCCn1cnc(C2CC2)cc1=O)c1ccc(I)cc1. The number of aromatic nitrogens is 2. The van der Waals surface area contributed by atoms with Crippen LogP contribution in [0.25, 0.3) is 0 Å². The highest BCUT2D eigenvalue weighted by Gasteiger charge is 2.25. The number of amides is 1. The van der Waals surface area contributed by atoms with Crippen molar-refractivity contribution in [1.29, 1.82) is 0 Å². The summed E-state index contributed by atoms with van der Waals surface area (Å²) in [5, 5.41) is 2.81. The average molecular weight is 409 g/mol. The second-order valence-corrected chi connectivity index (χ2v) is 6.63. The highest BCUT2D eigenvalue weighted by atomic mass is 127. The molecule has 3 rings (SSSR count). The van der Waals surface area contributed by atoms with Gasteiger partial charge in [-0.3, -0.25) is 14.2 Å². The Bertz CT molecular complexity index is 736. The van der Waals surface area contributed by atoms with Crippen molar-refractivity contribution in [3.63, 3.8) is 0 Å². The van der Waals surface area contributed by atoms with E-state index in [1.165, 1.54) is 4.57 Å². The molecule has 0 radical (unpaired) electrons. The van der Waals surface area contributed by atoms with Gasteiger partial charge in [0.2, 0.25) is 0 Å². The molecule has 2 aromatic rings. The van der Waals surface area contributed by atoms with Crippen molar-refractivity contribution in [2.45, 2.75) is 25.3 Å². The van der Waals surface area contributed by atoms with Crippen LogP contribution in [-0.2, 0) is 6.54 Å². The average Bonchev–Trinajstić information content (AvgIpc) is 3.34. The van der Waals surface area contributed by atoms with E-state index in [1.54, 1.807) is 24.5 Å². The summed E-state index contributed by atoms with van der Waals surface area (Å²) in [6, 6.07) is 8.96. The van der Waals surface area contributed by atoms with Gasteiger partial charge >= 0.3 is 0 Å². The van der Waals surface area contributed by atoms with Gasteiger partial charge < -0.3 is 5.32 Å². The van der Waals surface area contributed by atoms with Crippen molar-refractivity contribution in [3.05, 3.63) is 61.8 Å². The van der Waals surface area contributed by atoms with E-state index in [-0.39, 0.29) is 11.5 Å². The monoisotopic (exact) mass is 409 g/mol. The van der Waals surface area contributed by atoms with Gasteiger partial charge in [0.25, 0.3) is 11.5 Å². The summed E-state index contributed by atoms with van der Waals surface area (Å²) in [6.07, 6.45) is 3.83. The Morgan fingerprint density at radius 1 is 1.32 bits per heavy atom. The lowest BCUT2D eigenvalue weighted by atomic mass is 10.2. The lowest BCUT2D eigenvalue weighted by Gasteiger charge is -2.08. The highest BCUT2D eigenvalue weighted by molar-refractivity contribution is 14.1. The van der Waals surface area contributed by atoms with Crippen LogP contribution in [0, 0.1) is 3.57 Å². The summed E-state index contributed by atoms with van der Waals surface area (Å²) >= 11 is 2.19. The maximum atomic E-state index is 12.0. The first kappa shape index (κ1) is 15.2. The van der Waals surface area contributed by atoms with Crippen LogP contribution in [0.1, 0.15) is 34.8 Å². The fraction of sp³-hybridized carbons (Fsp3) is 0.312. The van der Waals surface area contributed by atoms with Gasteiger partial charge in [-0.25, -0.2) is 4.98 Å². The summed E-state index contributed by atoms with van der Waals surface area (Å²) in [6.45, 7) is 0.821. The number of carbonyl (C=O) groups excluding carboxylic acids is 1. The van der Waals surface area contributed by atoms with E-state index in [9.17, 15) is 9.59 Å². The fourth-order valence-corrected chi connectivity index (χ4v) is 2.56. The predicted octanol–water partition coefficient (Wildman–Crippen LogP) is 2.16. The second kappa shape index (κ2) is 6.60. The zero-order chi connectivity index (χ0) is 15.5. The summed E-state index contributed by atoms with van der Waals surface area (Å²) in [7, 11) is 0. The molecule has 0 bridgehead atoms. The van der Waals surface area contributed by atoms with E-state index in [4.69, 9.17) is 0 Å². The first-order chi connectivity index (χ1) is 10.6. The molecule has 5 nitrogen and oxygen atoms in total. The van der Waals surface area contributed by atoms with Crippen molar-refractivity contribution < 1.29 is 4.79 Å². The number of hydrogen-bond acceptors (Lipinski definition) is 3. The van der Waals surface area contributed by atoms with Crippen LogP contribution in [-0.4, -0.2) is 22.0 Å². The van der Waals surface area contributed by atoms with Crippen LogP contribution in [0.5, 0.6) is 0 Å². The molecule has 1 aromatic heterocycles. The second-order valence-electron chi connectivity index (χ2n) is 5.38. The molecule has 1 N–H and O–H groups in total. The minimum absolute atomic E-state index is 0.0552. The molecule has 0 aliphatic heterocycles. The number of hydrogen-bond donors (Lipinski definition) is 1. The number of rotatable bonds is 5. The third-order valence-corrected chi connectivity index (χ3v) is 4.36. The van der Waals surface area contributed by atoms with Crippen LogP contribution in [0.3, 0.4) is 0 Å². The van der Waals surface area contributed by atoms with Crippen molar-refractivity contribution in [2.75, 3.05) is 6.54 Å². The van der Waals surface area contributed by atoms with Crippen LogP contribution in [0.4, 0.5) is 0 Å². The smallest absolute Gasteiger partial charge is 0.253 e. The van der Waals surface area contributed by atoms with Crippen LogP contribution < -0.4 is 10.9 Å². The van der Waals surface area contributed by atoms with Crippen molar-refractivity contribution in [1.82, 2.24) is 14.9 Å². The fourth-order valence-electron chi connectivity index (χ4n) is 2.20. The standard InChI is InChI=1S/C16H16IN3O2/c17-13-5-3-12(4-6-13)16(22)18-7-8-20-10-19-14(9-15(20)21)11-1-2-11/h3-6,9-11H,1-2,7-8H2,(H,18,22). The first-order valence-electron chi connectivity index (χ1n) is 7.23. The Hall–Kier alpha value is -1.70. The minimum Gasteiger partial charge on any atom is -0.350 e. The molecule has 0 saturated heterocycles. The van der Waals surface area contributed by atoms with E-state index in [2.05, 4.69) is 32.9 Å². The van der Waals surface area contributed by atoms with Crippen molar-refractivity contribution >= 4 is 28.5 Å². The molecule has 1 aliphatic carbocycles. The van der Waals surface area contributed by atoms with E-state index >= 15 is 0 Å². The Morgan fingerprint density at radius 2 is 2.05 bits per heavy atom. The molecule has 1 saturated carbocycles. The minimum atomic E-state index is -0.132. The van der Waals surface area contributed by atoms with Crippen LogP contribution >= 0.6 is 22.6 Å². The predicted molar refractivity (Wildman–Crippen MR) is 92.0 cm³/mol. The van der Waals surface area contributed by atoms with Gasteiger partial charge in [0.1, 0.15) is 0 Å². The molecule has 1 fully saturated rings. The van der Waals surface area contributed by atoms with E-state index in [0.717, 1.165) is 22.1 Å². The number of benzene rings is 1. The van der Waals surface area contributed by atoms with Crippen molar-refractivity contribution in [3.8, 4) is 0 Å². The molecule has 22 heavy (non-hydrogen) atoms. The Morgan fingerprint density at radius 3 is 2.68 bits per heavy atom. The first-order valence-corrected chi connectivity index (χ1v) is 8.31. The number of carbonyl (C=O) groups is 1. The molecular weight excluding hydrogens is 393 g/mol. The molecule has 1 aromatic carbocycles. The third kappa shape index (κ3) is 3.73. The normalized spacial score (nSPS) is 13.9. The topological polar surface area (TPSA) is 64.0 Å². The van der Waals surface area contributed by atoms with Gasteiger partial charge in [-0.05, 0) is 59.7 Å². The molecule has 114 valence electrons. The summed E-state index contributed by atoms with van der Waals surface area (Å²) < 4.78 is 2.61. The largest absolute Gasteiger partial charge is 0.350 e. The Kier molecular flexibility index (Phi) is 4.56. The molecule has 0 unspecified atom stereocenters. The molecule has 1 amide bonds. The maximum Gasteiger partial charge on any atom is 0.253 e. The zero-order valence-corrected chi connectivity index (χ0v) is 14.1. The Balaban J connectivity index is 1.55. The van der Waals surface area contributed by atoms with Gasteiger partial charge in [0.05, 0.1) is 12.0 Å². The highest BCUT2D eigenvalue weighted by Crippen LogP contribution is 2.38. The van der Waals surface area contributed by atoms with Gasteiger partial charge in [-0.1, -0.05) is 0 Å². The lowest BCUT2D eigenvalue weighted by Crippen LogP contribution is -2.31. The van der Waals surface area contributed by atoms with Crippen molar-refractivity contribution in [2.24, 2.45) is 0 Å². The molecule has 0 atom stereocenters. The van der Waals surface area contributed by atoms with Gasteiger partial charge in [0.15, 0.2) is 0 Å². The van der Waals surface area contributed by atoms with Gasteiger partial charge in [-0.2, -0.15) is 0 Å². The Labute approximate surface area is 141 Å². The van der Waals surface area contributed by atoms with Crippen LogP contribution in [0.2, 0.25) is 0 Å². The quantitative estimate of drug-likeness (QED) is 0.770. The van der Waals surface area contributed by atoms with Gasteiger partial charge in [0, 0.05) is 34.2 Å². The van der Waals surface area contributed by atoms with Crippen LogP contribution in [0.15, 0.2) is 41.5 Å². The molecule has 6 heteroatoms. The zero-order valence-electron chi connectivity index (χ0n) is 12.0. The third-order valence-electron chi connectivity index (χ3n) is 3.64. The summed E-state index contributed by atoms with van der Waals surface area (Å²) in [5.74, 6) is 0.343. The summed E-state index contributed by atoms with van der Waals surface area (Å²) in [5.41, 5.74) is 1.46. The molecule has 0 spiro atoms. The molecular formula is C16H16IN3O2. The van der Waals surface area contributed by atoms with Gasteiger partial charge in [-0.15, -0.1) is 0 Å². The van der Waals surface area contributed by atoms with E-state index in [0.29, 0.717) is 24.6 Å². The molecule has 1 heterocycles. The van der Waals surface area contributed by atoms with E-state index in [1.807, 2.05) is 12.1 Å².